The Morgan fingerprint density at radius 3 is 1.90 bits per heavy atom. The van der Waals surface area contributed by atoms with E-state index in [1.807, 2.05) is 0 Å². The highest BCUT2D eigenvalue weighted by Crippen LogP contribution is 2.43. The molecule has 0 saturated carbocycles. The summed E-state index contributed by atoms with van der Waals surface area (Å²) in [5, 5.41) is 124. The molecule has 6 rings (SSSR count). The fraction of sp³-hybridized carbons (Fsp3) is 0.359. The minimum absolute atomic E-state index is 0.00883. The molecule has 0 aromatic heterocycles. The first-order chi connectivity index (χ1) is 28.9. The average Bonchev–Trinajstić information content (AvgIpc) is 3.21. The molecule has 2 saturated heterocycles. The van der Waals surface area contributed by atoms with Gasteiger partial charge >= 0.3 is 11.9 Å². The van der Waals surface area contributed by atoms with Gasteiger partial charge in [-0.05, 0) is 54.2 Å². The first-order valence-corrected chi connectivity index (χ1v) is 18.6. The molecule has 0 bridgehead atoms. The summed E-state index contributed by atoms with van der Waals surface area (Å²) in [6, 6.07) is 7.77. The summed E-state index contributed by atoms with van der Waals surface area (Å²) in [7, 11) is 0. The Kier molecular flexibility index (Phi) is 13.7. The number of carboxylic acid groups (broad SMARTS) is 1. The zero-order chi connectivity index (χ0) is 44.3. The van der Waals surface area contributed by atoms with Gasteiger partial charge in [-0.1, -0.05) is 12.1 Å². The van der Waals surface area contributed by atoms with E-state index in [2.05, 4.69) is 0 Å². The molecular formula is C39H40O21S. The minimum atomic E-state index is -1.99. The number of phenolic OH excluding ortho intramolecular Hbond substituents is 4. The van der Waals surface area contributed by atoms with Crippen LogP contribution >= 0.6 is 12.2 Å². The van der Waals surface area contributed by atoms with Crippen LogP contribution in [0.4, 0.5) is 0 Å². The molecule has 2 fully saturated rings. The van der Waals surface area contributed by atoms with E-state index in [4.69, 9.17) is 50.5 Å². The molecule has 0 amide bonds. The van der Waals surface area contributed by atoms with E-state index in [0.717, 1.165) is 24.3 Å². The van der Waals surface area contributed by atoms with Crippen LogP contribution in [-0.4, -0.2) is 159 Å². The number of fused-ring (bicyclic) bond motifs is 1. The number of allylic oxidation sites excluding steroid dienone is 2. The van der Waals surface area contributed by atoms with Crippen molar-refractivity contribution in [2.45, 2.75) is 73.9 Å². The zero-order valence-corrected chi connectivity index (χ0v) is 32.1. The standard InChI is InChI=1S/C39H40O21S/c40-17-4-1-15(2-5-17)3-6-28(46)54-13-25-31(48)33(50)36(53)39(59-25)58-24-11-19-22(56-37(24)16-7-20(42)30(47)21(43)8-16)9-18(41)10-23(19)57-38-35(52)34(51)32(49)26(60-38)14-55-29(61)12-27(44)45/h1-11,22,25-26,31-36,38-43,47-53H,12-14H2,(H,44,45). The number of hydrogen-bond donors (Lipinski definition) is 12. The lowest BCUT2D eigenvalue weighted by molar-refractivity contribution is -0.291. The SMILES string of the molecule is O=C(O)CC(=S)OCC1OC(OC2=CC(O)=CC3OC(c4cc(O)c(O)c(O)c4)=C(OC4OC(COC(=O)C=Cc5ccc(O)cc5)C(O)C(O)C4O)C=C23)C(O)C(O)C1O. The van der Waals surface area contributed by atoms with Gasteiger partial charge in [0.1, 0.15) is 91.8 Å². The third kappa shape index (κ3) is 10.3. The summed E-state index contributed by atoms with van der Waals surface area (Å²) < 4.78 is 39.8. The predicted octanol–water partition coefficient (Wildman–Crippen LogP) is -0.434. The molecule has 328 valence electrons. The minimum Gasteiger partial charge on any atom is -0.508 e. The number of aliphatic hydroxyl groups is 7. The number of rotatable bonds is 13. The average molecular weight is 877 g/mol. The van der Waals surface area contributed by atoms with Gasteiger partial charge in [0.25, 0.3) is 0 Å². The van der Waals surface area contributed by atoms with Crippen molar-refractivity contribution in [3.63, 3.8) is 0 Å². The van der Waals surface area contributed by atoms with Gasteiger partial charge in [0.15, 0.2) is 33.8 Å². The van der Waals surface area contributed by atoms with Crippen LogP contribution < -0.4 is 0 Å². The second kappa shape index (κ2) is 18.8. The lowest BCUT2D eigenvalue weighted by atomic mass is 9.96. The third-order valence-electron chi connectivity index (χ3n) is 9.50. The van der Waals surface area contributed by atoms with Crippen molar-refractivity contribution < 1.29 is 104 Å². The Bertz CT molecular complexity index is 2120. The Morgan fingerprint density at radius 2 is 1.31 bits per heavy atom. The van der Waals surface area contributed by atoms with Crippen LogP contribution in [0.2, 0.25) is 0 Å². The maximum absolute atomic E-state index is 12.5. The van der Waals surface area contributed by atoms with Crippen molar-refractivity contribution in [3.05, 3.63) is 94.7 Å². The van der Waals surface area contributed by atoms with Crippen LogP contribution in [0, 0.1) is 0 Å². The summed E-state index contributed by atoms with van der Waals surface area (Å²) in [6.45, 7) is -1.24. The quantitative estimate of drug-likeness (QED) is 0.0525. The number of hydrogen-bond acceptors (Lipinski definition) is 21. The van der Waals surface area contributed by atoms with Crippen LogP contribution in [0.1, 0.15) is 17.5 Å². The number of carbonyl (C=O) groups is 2. The van der Waals surface area contributed by atoms with Crippen molar-refractivity contribution in [3.8, 4) is 23.0 Å². The first kappa shape index (κ1) is 44.6. The molecule has 2 aromatic rings. The summed E-state index contributed by atoms with van der Waals surface area (Å²) >= 11 is 4.86. The number of thiocarbonyl (C=S) groups is 1. The van der Waals surface area contributed by atoms with E-state index < -0.39 is 128 Å². The highest BCUT2D eigenvalue weighted by Gasteiger charge is 2.48. The van der Waals surface area contributed by atoms with E-state index in [9.17, 15) is 65.8 Å². The smallest absolute Gasteiger partial charge is 0.330 e. The van der Waals surface area contributed by atoms with Crippen LogP contribution in [-0.2, 0) is 42.7 Å². The normalized spacial score (nSPS) is 29.9. The van der Waals surface area contributed by atoms with Gasteiger partial charge < -0.3 is 94.4 Å². The van der Waals surface area contributed by atoms with Crippen molar-refractivity contribution in [2.75, 3.05) is 13.2 Å². The number of aliphatic hydroxyl groups excluding tert-OH is 7. The Morgan fingerprint density at radius 1 is 0.738 bits per heavy atom. The molecule has 0 spiro atoms. The molecule has 1 aliphatic carbocycles. The lowest BCUT2D eigenvalue weighted by Crippen LogP contribution is -2.59. The van der Waals surface area contributed by atoms with Crippen molar-refractivity contribution in [1.82, 2.24) is 0 Å². The Labute approximate surface area is 349 Å². The topological polar surface area (TPSA) is 342 Å². The van der Waals surface area contributed by atoms with Crippen molar-refractivity contribution in [1.29, 1.82) is 0 Å². The first-order valence-electron chi connectivity index (χ1n) is 18.1. The van der Waals surface area contributed by atoms with Gasteiger partial charge in [-0.3, -0.25) is 4.79 Å². The molecule has 3 aliphatic heterocycles. The molecule has 21 nitrogen and oxygen atoms in total. The number of benzene rings is 2. The van der Waals surface area contributed by atoms with Crippen LogP contribution in [0.25, 0.3) is 11.8 Å². The summed E-state index contributed by atoms with van der Waals surface area (Å²) in [6.07, 6.45) is -14.2. The summed E-state index contributed by atoms with van der Waals surface area (Å²) in [4.78, 5) is 23.5. The second-order valence-electron chi connectivity index (χ2n) is 13.9. The molecular weight excluding hydrogens is 836 g/mol. The molecule has 11 unspecified atom stereocenters. The number of carbonyl (C=O) groups excluding carboxylic acids is 1. The molecule has 3 heterocycles. The third-order valence-corrected chi connectivity index (χ3v) is 9.76. The van der Waals surface area contributed by atoms with E-state index in [1.54, 1.807) is 0 Å². The fourth-order valence-electron chi connectivity index (χ4n) is 6.29. The van der Waals surface area contributed by atoms with Gasteiger partial charge in [0, 0.05) is 29.4 Å². The largest absolute Gasteiger partial charge is 0.508 e. The lowest BCUT2D eigenvalue weighted by Gasteiger charge is -2.42. The van der Waals surface area contributed by atoms with E-state index >= 15 is 0 Å². The highest BCUT2D eigenvalue weighted by molar-refractivity contribution is 7.80. The van der Waals surface area contributed by atoms with Crippen LogP contribution in [0.15, 0.2) is 83.6 Å². The summed E-state index contributed by atoms with van der Waals surface area (Å²) in [5.41, 5.74) is 0.361. The summed E-state index contributed by atoms with van der Waals surface area (Å²) in [5.74, 6) is -6.22. The second-order valence-corrected chi connectivity index (χ2v) is 14.3. The molecule has 61 heavy (non-hydrogen) atoms. The molecule has 2 aromatic carbocycles. The molecule has 4 aliphatic rings. The molecule has 11 atom stereocenters. The highest BCUT2D eigenvalue weighted by atomic mass is 32.1. The van der Waals surface area contributed by atoms with Gasteiger partial charge in [0.05, 0.1) is 0 Å². The Hall–Kier alpha value is -5.95. The van der Waals surface area contributed by atoms with Crippen LogP contribution in [0.3, 0.4) is 0 Å². The van der Waals surface area contributed by atoms with E-state index in [0.29, 0.717) is 5.56 Å². The molecule has 12 N–H and O–H groups in total. The van der Waals surface area contributed by atoms with E-state index in [-0.39, 0.29) is 33.5 Å². The van der Waals surface area contributed by atoms with Gasteiger partial charge in [0.2, 0.25) is 12.6 Å². The fourth-order valence-corrected chi connectivity index (χ4v) is 6.49. The zero-order valence-electron chi connectivity index (χ0n) is 31.3. The van der Waals surface area contributed by atoms with E-state index in [1.165, 1.54) is 42.5 Å². The molecule has 22 heteroatoms. The number of aliphatic carboxylic acids is 1. The maximum Gasteiger partial charge on any atom is 0.330 e. The molecule has 0 radical (unpaired) electrons. The van der Waals surface area contributed by atoms with Crippen molar-refractivity contribution >= 4 is 41.0 Å². The number of ether oxygens (including phenoxy) is 7. The Balaban J connectivity index is 1.27. The number of phenols is 4. The number of carboxylic acids is 1. The predicted molar refractivity (Wildman–Crippen MR) is 205 cm³/mol. The number of esters is 1. The van der Waals surface area contributed by atoms with Gasteiger partial charge in [-0.2, -0.15) is 0 Å². The monoisotopic (exact) mass is 876 g/mol. The number of aromatic hydroxyl groups is 4. The maximum atomic E-state index is 12.5. The van der Waals surface area contributed by atoms with Gasteiger partial charge in [-0.15, -0.1) is 0 Å². The van der Waals surface area contributed by atoms with Crippen LogP contribution in [0.5, 0.6) is 23.0 Å². The van der Waals surface area contributed by atoms with Gasteiger partial charge in [-0.25, -0.2) is 4.79 Å². The van der Waals surface area contributed by atoms with Crippen molar-refractivity contribution in [2.24, 2.45) is 0 Å².